The van der Waals surface area contributed by atoms with Crippen molar-refractivity contribution in [1.29, 1.82) is 0 Å². The minimum atomic E-state index is -0.950. The molecule has 1 N–H and O–H groups in total. The summed E-state index contributed by atoms with van der Waals surface area (Å²) < 4.78 is 13.4. The number of halogens is 1. The van der Waals surface area contributed by atoms with E-state index in [4.69, 9.17) is 5.11 Å². The van der Waals surface area contributed by atoms with Crippen LogP contribution in [0.5, 0.6) is 0 Å². The standard InChI is InChI=1S/C10H11FN2O4/c1-12(4-5-14)10(15)8-3-2-7(13(16)17)6-9(8)11/h2-3,6,14H,4-5H2,1H3. The van der Waals surface area contributed by atoms with Crippen LogP contribution in [-0.2, 0) is 0 Å². The third-order valence-electron chi connectivity index (χ3n) is 2.18. The maximum atomic E-state index is 13.4. The van der Waals surface area contributed by atoms with E-state index in [0.717, 1.165) is 17.0 Å². The number of non-ortho nitro benzene ring substituents is 1. The van der Waals surface area contributed by atoms with Gasteiger partial charge in [0.1, 0.15) is 5.82 Å². The molecule has 0 saturated heterocycles. The van der Waals surface area contributed by atoms with Crippen LogP contribution in [0.25, 0.3) is 0 Å². The quantitative estimate of drug-likeness (QED) is 0.625. The molecule has 0 heterocycles. The molecular weight excluding hydrogens is 231 g/mol. The van der Waals surface area contributed by atoms with Gasteiger partial charge in [0.2, 0.25) is 0 Å². The fraction of sp³-hybridized carbons (Fsp3) is 0.300. The smallest absolute Gasteiger partial charge is 0.272 e. The molecule has 6 nitrogen and oxygen atoms in total. The molecule has 0 saturated carbocycles. The number of aliphatic hydroxyl groups is 1. The van der Waals surface area contributed by atoms with E-state index < -0.39 is 22.3 Å². The first kappa shape index (κ1) is 13.0. The molecule has 7 heteroatoms. The lowest BCUT2D eigenvalue weighted by Gasteiger charge is -2.15. The van der Waals surface area contributed by atoms with Gasteiger partial charge in [-0.05, 0) is 6.07 Å². The van der Waals surface area contributed by atoms with Crippen LogP contribution >= 0.6 is 0 Å². The Morgan fingerprint density at radius 1 is 1.59 bits per heavy atom. The summed E-state index contributed by atoms with van der Waals surface area (Å²) in [6, 6.07) is 2.81. The van der Waals surface area contributed by atoms with Gasteiger partial charge in [0.15, 0.2) is 0 Å². The van der Waals surface area contributed by atoms with Gasteiger partial charge in [-0.15, -0.1) is 0 Å². The summed E-state index contributed by atoms with van der Waals surface area (Å²) in [5.74, 6) is -1.58. The molecule has 0 spiro atoms. The number of aliphatic hydroxyl groups excluding tert-OH is 1. The van der Waals surface area contributed by atoms with Crippen LogP contribution in [-0.4, -0.2) is 41.0 Å². The van der Waals surface area contributed by atoms with Crippen LogP contribution in [0.2, 0.25) is 0 Å². The van der Waals surface area contributed by atoms with E-state index in [1.165, 1.54) is 7.05 Å². The Balaban J connectivity index is 3.00. The van der Waals surface area contributed by atoms with Crippen molar-refractivity contribution in [2.24, 2.45) is 0 Å². The minimum absolute atomic E-state index is 0.0647. The lowest BCUT2D eigenvalue weighted by atomic mass is 10.1. The second kappa shape index (κ2) is 5.35. The van der Waals surface area contributed by atoms with Gasteiger partial charge < -0.3 is 10.0 Å². The van der Waals surface area contributed by atoms with Crippen molar-refractivity contribution in [3.8, 4) is 0 Å². The Morgan fingerprint density at radius 2 is 2.24 bits per heavy atom. The zero-order chi connectivity index (χ0) is 13.0. The van der Waals surface area contributed by atoms with Gasteiger partial charge in [0, 0.05) is 19.7 Å². The zero-order valence-electron chi connectivity index (χ0n) is 9.09. The second-order valence-corrected chi connectivity index (χ2v) is 3.37. The van der Waals surface area contributed by atoms with Gasteiger partial charge in [-0.1, -0.05) is 0 Å². The Hall–Kier alpha value is -2.02. The maximum Gasteiger partial charge on any atom is 0.272 e. The fourth-order valence-corrected chi connectivity index (χ4v) is 1.25. The number of rotatable bonds is 4. The molecule has 0 unspecified atom stereocenters. The van der Waals surface area contributed by atoms with Crippen molar-refractivity contribution in [2.45, 2.75) is 0 Å². The first-order valence-corrected chi connectivity index (χ1v) is 4.77. The summed E-state index contributed by atoms with van der Waals surface area (Å²) in [6.07, 6.45) is 0. The third kappa shape index (κ3) is 2.97. The van der Waals surface area contributed by atoms with E-state index in [0.29, 0.717) is 6.07 Å². The van der Waals surface area contributed by atoms with Gasteiger partial charge in [-0.25, -0.2) is 4.39 Å². The van der Waals surface area contributed by atoms with E-state index >= 15 is 0 Å². The summed E-state index contributed by atoms with van der Waals surface area (Å²) in [5.41, 5.74) is -0.671. The Morgan fingerprint density at radius 3 is 2.71 bits per heavy atom. The number of carbonyl (C=O) groups is 1. The molecule has 0 aliphatic rings. The van der Waals surface area contributed by atoms with Crippen LogP contribution in [0.3, 0.4) is 0 Å². The molecule has 0 fully saturated rings. The second-order valence-electron chi connectivity index (χ2n) is 3.37. The summed E-state index contributed by atoms with van der Waals surface area (Å²) in [5, 5.41) is 19.0. The molecular formula is C10H11FN2O4. The van der Waals surface area contributed by atoms with Crippen molar-refractivity contribution in [3.05, 3.63) is 39.7 Å². The van der Waals surface area contributed by atoms with E-state index in [1.807, 2.05) is 0 Å². The van der Waals surface area contributed by atoms with E-state index in [9.17, 15) is 19.3 Å². The van der Waals surface area contributed by atoms with E-state index in [1.54, 1.807) is 0 Å². The van der Waals surface area contributed by atoms with Crippen molar-refractivity contribution in [3.63, 3.8) is 0 Å². The van der Waals surface area contributed by atoms with Crippen molar-refractivity contribution >= 4 is 11.6 Å². The van der Waals surface area contributed by atoms with Gasteiger partial charge in [-0.2, -0.15) is 0 Å². The van der Waals surface area contributed by atoms with E-state index in [-0.39, 0.29) is 18.7 Å². The van der Waals surface area contributed by atoms with Gasteiger partial charge in [-0.3, -0.25) is 14.9 Å². The third-order valence-corrected chi connectivity index (χ3v) is 2.18. The molecule has 0 aromatic heterocycles. The lowest BCUT2D eigenvalue weighted by molar-refractivity contribution is -0.385. The van der Waals surface area contributed by atoms with Crippen LogP contribution in [0, 0.1) is 15.9 Å². The number of benzene rings is 1. The Labute approximate surface area is 96.4 Å². The predicted molar refractivity (Wildman–Crippen MR) is 57.1 cm³/mol. The van der Waals surface area contributed by atoms with Crippen LogP contribution in [0.15, 0.2) is 18.2 Å². The zero-order valence-corrected chi connectivity index (χ0v) is 9.09. The van der Waals surface area contributed by atoms with Gasteiger partial charge in [0.25, 0.3) is 11.6 Å². The average molecular weight is 242 g/mol. The summed E-state index contributed by atoms with van der Waals surface area (Å²) in [6.45, 7) is -0.175. The predicted octanol–water partition coefficient (Wildman–Crippen LogP) is 0.798. The van der Waals surface area contributed by atoms with Gasteiger partial charge in [0.05, 0.1) is 23.2 Å². The molecule has 0 radical (unpaired) electrons. The van der Waals surface area contributed by atoms with E-state index in [2.05, 4.69) is 0 Å². The summed E-state index contributed by atoms with van der Waals surface area (Å²) >= 11 is 0. The SMILES string of the molecule is CN(CCO)C(=O)c1ccc([N+](=O)[O-])cc1F. The highest BCUT2D eigenvalue weighted by molar-refractivity contribution is 5.94. The van der Waals surface area contributed by atoms with Crippen molar-refractivity contribution in [1.82, 2.24) is 4.90 Å². The fourth-order valence-electron chi connectivity index (χ4n) is 1.25. The number of nitrogens with zero attached hydrogens (tertiary/aromatic N) is 2. The Kier molecular flexibility index (Phi) is 4.11. The molecule has 0 aliphatic carbocycles. The maximum absolute atomic E-state index is 13.4. The molecule has 1 aromatic carbocycles. The number of hydrogen-bond donors (Lipinski definition) is 1. The van der Waals surface area contributed by atoms with Crippen LogP contribution in [0.4, 0.5) is 10.1 Å². The largest absolute Gasteiger partial charge is 0.395 e. The monoisotopic (exact) mass is 242 g/mol. The lowest BCUT2D eigenvalue weighted by Crippen LogP contribution is -2.30. The number of nitro groups is 1. The Bertz CT molecular complexity index is 450. The molecule has 17 heavy (non-hydrogen) atoms. The highest BCUT2D eigenvalue weighted by atomic mass is 19.1. The number of nitro benzene ring substituents is 1. The molecule has 0 aliphatic heterocycles. The molecule has 0 atom stereocenters. The number of carbonyl (C=O) groups excluding carboxylic acids is 1. The van der Waals surface area contributed by atoms with Crippen LogP contribution < -0.4 is 0 Å². The highest BCUT2D eigenvalue weighted by Crippen LogP contribution is 2.17. The molecule has 1 aromatic rings. The topological polar surface area (TPSA) is 83.7 Å². The first-order chi connectivity index (χ1) is 7.97. The molecule has 0 bridgehead atoms. The minimum Gasteiger partial charge on any atom is -0.395 e. The highest BCUT2D eigenvalue weighted by Gasteiger charge is 2.18. The summed E-state index contributed by atoms with van der Waals surface area (Å²) in [4.78, 5) is 22.4. The summed E-state index contributed by atoms with van der Waals surface area (Å²) in [7, 11) is 1.40. The van der Waals surface area contributed by atoms with Crippen molar-refractivity contribution < 1.29 is 19.2 Å². The molecule has 92 valence electrons. The normalized spacial score (nSPS) is 10.1. The first-order valence-electron chi connectivity index (χ1n) is 4.77. The molecule has 1 amide bonds. The number of amides is 1. The number of likely N-dealkylation sites (N-methyl/N-ethyl adjacent to an activating group) is 1. The van der Waals surface area contributed by atoms with Crippen molar-refractivity contribution in [2.75, 3.05) is 20.2 Å². The number of hydrogen-bond acceptors (Lipinski definition) is 4. The van der Waals surface area contributed by atoms with Crippen LogP contribution in [0.1, 0.15) is 10.4 Å². The molecule has 1 rings (SSSR count). The van der Waals surface area contributed by atoms with Gasteiger partial charge >= 0.3 is 0 Å². The average Bonchev–Trinajstić information content (AvgIpc) is 2.28.